The molecule has 8 nitrogen and oxygen atoms in total. The number of Topliss-reactive ketones (excluding diaryl/α,β-unsaturated/α-hetero) is 1. The maximum Gasteiger partial charge on any atom is 0.309 e. The van der Waals surface area contributed by atoms with E-state index in [0.29, 0.717) is 17.8 Å². The lowest BCUT2D eigenvalue weighted by Gasteiger charge is -2.18. The molecule has 1 N–H and O–H groups in total. The van der Waals surface area contributed by atoms with Crippen LogP contribution < -0.4 is 4.74 Å². The molecule has 0 aliphatic rings. The van der Waals surface area contributed by atoms with Gasteiger partial charge in [-0.1, -0.05) is 36.4 Å². The summed E-state index contributed by atoms with van der Waals surface area (Å²) in [4.78, 5) is 39.0. The van der Waals surface area contributed by atoms with Gasteiger partial charge in [0.05, 0.1) is 33.2 Å². The average Bonchev–Trinajstić information content (AvgIpc) is 3.33. The van der Waals surface area contributed by atoms with E-state index in [9.17, 15) is 14.7 Å². The van der Waals surface area contributed by atoms with E-state index in [0.717, 1.165) is 38.6 Å². The summed E-state index contributed by atoms with van der Waals surface area (Å²) in [5, 5.41) is 11.7. The minimum absolute atomic E-state index is 0.176. The molecule has 0 spiro atoms. The lowest BCUT2D eigenvalue weighted by Crippen LogP contribution is -2.28. The second-order valence-corrected chi connectivity index (χ2v) is 10.8. The lowest BCUT2D eigenvalue weighted by molar-refractivity contribution is -0.146. The summed E-state index contributed by atoms with van der Waals surface area (Å²) in [6, 6.07) is 27.3. The van der Waals surface area contributed by atoms with Gasteiger partial charge in [0.2, 0.25) is 0 Å². The number of carbonyl (C=O) groups excluding carboxylic acids is 1. The zero-order valence-electron chi connectivity index (χ0n) is 22.7. The van der Waals surface area contributed by atoms with Crippen molar-refractivity contribution in [1.82, 2.24) is 19.5 Å². The summed E-state index contributed by atoms with van der Waals surface area (Å²) in [6.45, 7) is 3.75. The molecule has 0 unspecified atom stereocenters. The molecule has 0 radical (unpaired) electrons. The number of rotatable bonds is 9. The molecule has 204 valence electrons. The Balaban J connectivity index is 1.33. The van der Waals surface area contributed by atoms with Crippen molar-refractivity contribution in [3.63, 3.8) is 0 Å². The number of benzene rings is 3. The SMILES string of the molecule is CC(C)(CC(=O)c1nc2cc(OCc3ccc4ccccc4n3)ccc2n1Cc1ccc2ncccc2c1)C(=O)O. The number of aromatic nitrogens is 4. The van der Waals surface area contributed by atoms with Gasteiger partial charge in [-0.15, -0.1) is 0 Å². The van der Waals surface area contributed by atoms with Crippen LogP contribution in [0.1, 0.15) is 42.1 Å². The number of carbonyl (C=O) groups is 2. The number of pyridine rings is 2. The fraction of sp³-hybridized carbons (Fsp3) is 0.182. The monoisotopic (exact) mass is 544 g/mol. The molecule has 0 fully saturated rings. The molecule has 6 rings (SSSR count). The number of ketones is 1. The van der Waals surface area contributed by atoms with E-state index in [-0.39, 0.29) is 24.6 Å². The van der Waals surface area contributed by atoms with E-state index >= 15 is 0 Å². The molecule has 8 heteroatoms. The van der Waals surface area contributed by atoms with Gasteiger partial charge in [0.25, 0.3) is 0 Å². The molecular weight excluding hydrogens is 516 g/mol. The minimum atomic E-state index is -1.23. The van der Waals surface area contributed by atoms with Crippen LogP contribution in [0.4, 0.5) is 0 Å². The van der Waals surface area contributed by atoms with Gasteiger partial charge in [0.15, 0.2) is 11.6 Å². The van der Waals surface area contributed by atoms with E-state index in [4.69, 9.17) is 4.74 Å². The number of ether oxygens (including phenoxy) is 1. The lowest BCUT2D eigenvalue weighted by atomic mass is 9.87. The van der Waals surface area contributed by atoms with Crippen LogP contribution in [-0.4, -0.2) is 36.4 Å². The second-order valence-electron chi connectivity index (χ2n) is 10.8. The fourth-order valence-corrected chi connectivity index (χ4v) is 4.88. The normalized spacial score (nSPS) is 11.8. The Kier molecular flexibility index (Phi) is 6.67. The Morgan fingerprint density at radius 3 is 2.54 bits per heavy atom. The van der Waals surface area contributed by atoms with E-state index in [1.54, 1.807) is 26.1 Å². The van der Waals surface area contributed by atoms with Gasteiger partial charge in [-0.3, -0.25) is 14.6 Å². The van der Waals surface area contributed by atoms with Crippen LogP contribution >= 0.6 is 0 Å². The van der Waals surface area contributed by atoms with Crippen molar-refractivity contribution in [3.8, 4) is 5.75 Å². The number of para-hydroxylation sites is 1. The van der Waals surface area contributed by atoms with Crippen LogP contribution in [-0.2, 0) is 17.9 Å². The summed E-state index contributed by atoms with van der Waals surface area (Å²) < 4.78 is 7.90. The van der Waals surface area contributed by atoms with Gasteiger partial charge >= 0.3 is 5.97 Å². The number of imidazole rings is 1. The first kappa shape index (κ1) is 26.1. The maximum absolute atomic E-state index is 13.5. The van der Waals surface area contributed by atoms with Crippen LogP contribution in [0.3, 0.4) is 0 Å². The first-order valence-electron chi connectivity index (χ1n) is 13.3. The molecule has 41 heavy (non-hydrogen) atoms. The van der Waals surface area contributed by atoms with Gasteiger partial charge in [-0.05, 0) is 61.9 Å². The third-order valence-electron chi connectivity index (χ3n) is 7.20. The Hall–Kier alpha value is -5.11. The summed E-state index contributed by atoms with van der Waals surface area (Å²) in [5.41, 5.74) is 3.67. The Bertz CT molecular complexity index is 1940. The van der Waals surface area contributed by atoms with Gasteiger partial charge in [-0.2, -0.15) is 0 Å². The topological polar surface area (TPSA) is 107 Å². The number of nitrogens with zero attached hydrogens (tertiary/aromatic N) is 4. The first-order valence-corrected chi connectivity index (χ1v) is 13.3. The highest BCUT2D eigenvalue weighted by Crippen LogP contribution is 2.28. The van der Waals surface area contributed by atoms with E-state index in [1.165, 1.54) is 0 Å². The molecule has 3 heterocycles. The van der Waals surface area contributed by atoms with Crippen molar-refractivity contribution in [1.29, 1.82) is 0 Å². The highest BCUT2D eigenvalue weighted by Gasteiger charge is 2.32. The third-order valence-corrected chi connectivity index (χ3v) is 7.20. The average molecular weight is 545 g/mol. The number of hydrogen-bond donors (Lipinski definition) is 1. The zero-order chi connectivity index (χ0) is 28.6. The number of aliphatic carboxylic acids is 1. The Morgan fingerprint density at radius 2 is 1.68 bits per heavy atom. The molecule has 0 atom stereocenters. The molecule has 0 saturated heterocycles. The predicted molar refractivity (Wildman–Crippen MR) is 157 cm³/mol. The molecule has 0 amide bonds. The Labute approximate surface area is 236 Å². The van der Waals surface area contributed by atoms with Crippen molar-refractivity contribution >= 4 is 44.6 Å². The van der Waals surface area contributed by atoms with Crippen molar-refractivity contribution in [2.75, 3.05) is 0 Å². The van der Waals surface area contributed by atoms with Crippen LogP contribution in [0, 0.1) is 5.41 Å². The maximum atomic E-state index is 13.5. The van der Waals surface area contributed by atoms with Crippen LogP contribution in [0.5, 0.6) is 5.75 Å². The molecular formula is C33H28N4O4. The second kappa shape index (κ2) is 10.5. The van der Waals surface area contributed by atoms with Crippen LogP contribution in [0.25, 0.3) is 32.8 Å². The molecule has 0 saturated carbocycles. The molecule has 0 aliphatic heterocycles. The summed E-state index contributed by atoms with van der Waals surface area (Å²) in [7, 11) is 0. The van der Waals surface area contributed by atoms with Gasteiger partial charge in [-0.25, -0.2) is 9.97 Å². The van der Waals surface area contributed by atoms with Gasteiger partial charge in [0, 0.05) is 36.0 Å². The van der Waals surface area contributed by atoms with Gasteiger partial charge < -0.3 is 14.4 Å². The number of carboxylic acids is 1. The predicted octanol–water partition coefficient (Wildman–Crippen LogP) is 6.44. The van der Waals surface area contributed by atoms with Crippen molar-refractivity contribution in [2.24, 2.45) is 5.41 Å². The Morgan fingerprint density at radius 1 is 0.854 bits per heavy atom. The largest absolute Gasteiger partial charge is 0.487 e. The van der Waals surface area contributed by atoms with Gasteiger partial charge in [0.1, 0.15) is 12.4 Å². The highest BCUT2D eigenvalue weighted by atomic mass is 16.5. The van der Waals surface area contributed by atoms with Crippen LogP contribution in [0.2, 0.25) is 0 Å². The highest BCUT2D eigenvalue weighted by molar-refractivity contribution is 5.99. The smallest absolute Gasteiger partial charge is 0.309 e. The first-order chi connectivity index (χ1) is 19.8. The fourth-order valence-electron chi connectivity index (χ4n) is 4.88. The molecule has 3 aromatic carbocycles. The minimum Gasteiger partial charge on any atom is -0.487 e. The summed E-state index contributed by atoms with van der Waals surface area (Å²) in [5.74, 6) is -0.555. The quantitative estimate of drug-likeness (QED) is 0.209. The number of carboxylic acid groups (broad SMARTS) is 1. The third kappa shape index (κ3) is 5.36. The number of hydrogen-bond acceptors (Lipinski definition) is 6. The van der Waals surface area contributed by atoms with E-state index < -0.39 is 11.4 Å². The van der Waals surface area contributed by atoms with Crippen LogP contribution in [0.15, 0.2) is 91.1 Å². The number of fused-ring (bicyclic) bond motifs is 3. The van der Waals surface area contributed by atoms with Crippen molar-refractivity contribution in [2.45, 2.75) is 33.4 Å². The molecule has 3 aromatic heterocycles. The van der Waals surface area contributed by atoms with E-state index in [1.807, 2.05) is 83.4 Å². The molecule has 0 aliphatic carbocycles. The molecule has 6 aromatic rings. The summed E-state index contributed by atoms with van der Waals surface area (Å²) in [6.07, 6.45) is 1.58. The summed E-state index contributed by atoms with van der Waals surface area (Å²) >= 11 is 0. The standard InChI is InChI=1S/C33H28N4O4/c1-33(2,32(39)40)18-30(38)31-36-28-17-25(41-20-24-11-10-22-6-3-4-8-27(22)35-24)12-14-29(28)37(31)19-21-9-13-26-23(16-21)7-5-15-34-26/h3-17H,18-20H2,1-2H3,(H,39,40). The molecule has 0 bridgehead atoms. The zero-order valence-corrected chi connectivity index (χ0v) is 22.7. The van der Waals surface area contributed by atoms with Crippen molar-refractivity contribution in [3.05, 3.63) is 108 Å². The van der Waals surface area contributed by atoms with E-state index in [2.05, 4.69) is 15.0 Å². The van der Waals surface area contributed by atoms with Crippen molar-refractivity contribution < 1.29 is 19.4 Å².